The number of aromatic nitrogens is 1. The lowest BCUT2D eigenvalue weighted by atomic mass is 9.89. The molecule has 92 valence electrons. The number of halogens is 2. The molecular weight excluding hydrogens is 283 g/mol. The van der Waals surface area contributed by atoms with Gasteiger partial charge < -0.3 is 5.32 Å². The van der Waals surface area contributed by atoms with Crippen LogP contribution in [0, 0.1) is 23.6 Å². The molecular formula is C13H16BrFN2. The molecule has 1 heterocycles. The van der Waals surface area contributed by atoms with Crippen LogP contribution in [0.4, 0.5) is 10.2 Å². The first-order valence-corrected chi connectivity index (χ1v) is 7.06. The van der Waals surface area contributed by atoms with Gasteiger partial charge in [0, 0.05) is 17.2 Å². The van der Waals surface area contributed by atoms with Gasteiger partial charge in [-0.15, -0.1) is 0 Å². The van der Waals surface area contributed by atoms with Crippen molar-refractivity contribution in [3.05, 3.63) is 22.6 Å². The maximum Gasteiger partial charge on any atom is 0.166 e. The molecule has 0 radical (unpaired) electrons. The number of hydrogen-bond acceptors (Lipinski definition) is 2. The molecule has 1 aromatic rings. The highest BCUT2D eigenvalue weighted by molar-refractivity contribution is 9.10. The normalized spacial score (nSPS) is 30.8. The van der Waals surface area contributed by atoms with Crippen molar-refractivity contribution < 1.29 is 4.39 Å². The van der Waals surface area contributed by atoms with Gasteiger partial charge in [-0.2, -0.15) is 0 Å². The Kier molecular flexibility index (Phi) is 3.07. The Bertz CT molecular complexity index is 424. The lowest BCUT2D eigenvalue weighted by Gasteiger charge is -2.22. The van der Waals surface area contributed by atoms with Crippen LogP contribution in [0.1, 0.15) is 25.7 Å². The van der Waals surface area contributed by atoms with Crippen molar-refractivity contribution in [2.75, 3.05) is 11.9 Å². The van der Waals surface area contributed by atoms with Gasteiger partial charge >= 0.3 is 0 Å². The van der Waals surface area contributed by atoms with Gasteiger partial charge in [0.25, 0.3) is 0 Å². The van der Waals surface area contributed by atoms with Crippen LogP contribution in [0.15, 0.2) is 16.7 Å². The number of nitrogens with zero attached hydrogens (tertiary/aromatic N) is 1. The van der Waals surface area contributed by atoms with Crippen molar-refractivity contribution in [2.24, 2.45) is 17.8 Å². The summed E-state index contributed by atoms with van der Waals surface area (Å²) >= 11 is 3.21. The maximum atomic E-state index is 13.6. The molecule has 3 unspecified atom stereocenters. The first-order valence-electron chi connectivity index (χ1n) is 6.27. The second-order valence-corrected chi connectivity index (χ2v) is 6.22. The Labute approximate surface area is 109 Å². The Morgan fingerprint density at radius 3 is 2.94 bits per heavy atom. The summed E-state index contributed by atoms with van der Waals surface area (Å²) in [5.74, 6) is 2.64. The molecule has 1 aromatic heterocycles. The quantitative estimate of drug-likeness (QED) is 0.917. The monoisotopic (exact) mass is 298 g/mol. The van der Waals surface area contributed by atoms with E-state index in [4.69, 9.17) is 0 Å². The van der Waals surface area contributed by atoms with Crippen molar-refractivity contribution in [2.45, 2.75) is 25.7 Å². The van der Waals surface area contributed by atoms with E-state index in [0.29, 0.717) is 10.3 Å². The predicted molar refractivity (Wildman–Crippen MR) is 69.3 cm³/mol. The molecule has 17 heavy (non-hydrogen) atoms. The predicted octanol–water partition coefficient (Wildman–Crippen LogP) is 3.83. The van der Waals surface area contributed by atoms with Gasteiger partial charge in [0.1, 0.15) is 0 Å². The molecule has 2 aliphatic rings. The van der Waals surface area contributed by atoms with Crippen LogP contribution in [0.3, 0.4) is 0 Å². The van der Waals surface area contributed by atoms with E-state index in [-0.39, 0.29) is 5.82 Å². The van der Waals surface area contributed by atoms with Crippen LogP contribution >= 0.6 is 15.9 Å². The lowest BCUT2D eigenvalue weighted by molar-refractivity contribution is 0.348. The smallest absolute Gasteiger partial charge is 0.166 e. The first-order chi connectivity index (χ1) is 8.22. The number of nitrogens with one attached hydrogen (secondary N) is 1. The van der Waals surface area contributed by atoms with Crippen molar-refractivity contribution in [1.82, 2.24) is 4.98 Å². The van der Waals surface area contributed by atoms with Crippen LogP contribution < -0.4 is 5.32 Å². The fraction of sp³-hybridized carbons (Fsp3) is 0.615. The largest absolute Gasteiger partial charge is 0.367 e. The van der Waals surface area contributed by atoms with Crippen LogP contribution in [0.2, 0.25) is 0 Å². The summed E-state index contributed by atoms with van der Waals surface area (Å²) in [4.78, 5) is 4.07. The molecule has 3 atom stereocenters. The topological polar surface area (TPSA) is 24.9 Å². The van der Waals surface area contributed by atoms with Gasteiger partial charge in [-0.25, -0.2) is 9.37 Å². The molecule has 0 amide bonds. The van der Waals surface area contributed by atoms with E-state index in [1.165, 1.54) is 31.7 Å². The minimum absolute atomic E-state index is 0.275. The van der Waals surface area contributed by atoms with Gasteiger partial charge in [0.05, 0.1) is 0 Å². The summed E-state index contributed by atoms with van der Waals surface area (Å²) in [6, 6.07) is 1.45. The summed E-state index contributed by atoms with van der Waals surface area (Å²) < 4.78 is 14.2. The molecule has 0 spiro atoms. The highest BCUT2D eigenvalue weighted by Crippen LogP contribution is 2.48. The molecule has 0 aromatic carbocycles. The average molecular weight is 299 g/mol. The van der Waals surface area contributed by atoms with Gasteiger partial charge in [-0.3, -0.25) is 0 Å². The first kappa shape index (κ1) is 11.5. The zero-order chi connectivity index (χ0) is 11.8. The van der Waals surface area contributed by atoms with Crippen LogP contribution in [-0.2, 0) is 0 Å². The van der Waals surface area contributed by atoms with Crippen molar-refractivity contribution in [1.29, 1.82) is 0 Å². The Balaban J connectivity index is 1.60. The number of pyridine rings is 1. The molecule has 2 saturated carbocycles. The van der Waals surface area contributed by atoms with E-state index in [1.807, 2.05) is 0 Å². The second-order valence-electron chi connectivity index (χ2n) is 5.30. The molecule has 4 heteroatoms. The third-order valence-corrected chi connectivity index (χ3v) is 4.66. The Hall–Kier alpha value is -0.640. The lowest BCUT2D eigenvalue weighted by Crippen LogP contribution is -2.21. The molecule has 0 aliphatic heterocycles. The van der Waals surface area contributed by atoms with Crippen molar-refractivity contribution in [3.8, 4) is 0 Å². The molecule has 2 aliphatic carbocycles. The third-order valence-electron chi connectivity index (χ3n) is 4.22. The van der Waals surface area contributed by atoms with Gasteiger partial charge in [-0.1, -0.05) is 6.42 Å². The number of anilines is 1. The van der Waals surface area contributed by atoms with Crippen molar-refractivity contribution >= 4 is 21.7 Å². The van der Waals surface area contributed by atoms with Gasteiger partial charge in [0.2, 0.25) is 0 Å². The minimum Gasteiger partial charge on any atom is -0.367 e. The van der Waals surface area contributed by atoms with E-state index in [0.717, 1.165) is 24.3 Å². The average Bonchev–Trinajstić information content (AvgIpc) is 2.89. The fourth-order valence-corrected chi connectivity index (χ4v) is 3.70. The minimum atomic E-state index is -0.275. The summed E-state index contributed by atoms with van der Waals surface area (Å²) in [7, 11) is 0. The van der Waals surface area contributed by atoms with Crippen LogP contribution in [-0.4, -0.2) is 11.5 Å². The second kappa shape index (κ2) is 4.56. The van der Waals surface area contributed by atoms with Gasteiger partial charge in [0.15, 0.2) is 11.6 Å². The molecule has 0 saturated heterocycles. The summed E-state index contributed by atoms with van der Waals surface area (Å²) in [5, 5.41) is 3.16. The van der Waals surface area contributed by atoms with Gasteiger partial charge in [-0.05, 0) is 59.0 Å². The zero-order valence-electron chi connectivity index (χ0n) is 9.63. The number of fused-ring (bicyclic) bond motifs is 2. The van der Waals surface area contributed by atoms with E-state index in [1.54, 1.807) is 6.20 Å². The summed E-state index contributed by atoms with van der Waals surface area (Å²) in [6.45, 7) is 0.868. The fourth-order valence-electron chi connectivity index (χ4n) is 3.40. The van der Waals surface area contributed by atoms with E-state index < -0.39 is 0 Å². The Morgan fingerprint density at radius 2 is 2.29 bits per heavy atom. The molecule has 2 bridgehead atoms. The van der Waals surface area contributed by atoms with Crippen LogP contribution in [0.5, 0.6) is 0 Å². The third kappa shape index (κ3) is 2.32. The number of rotatable bonds is 3. The molecule has 2 nitrogen and oxygen atoms in total. The zero-order valence-corrected chi connectivity index (χ0v) is 11.2. The molecule has 1 N–H and O–H groups in total. The van der Waals surface area contributed by atoms with Crippen LogP contribution in [0.25, 0.3) is 0 Å². The summed E-state index contributed by atoms with van der Waals surface area (Å²) in [6.07, 6.45) is 7.12. The standard InChI is InChI=1S/C13H16BrFN2/c14-11-5-12(15)13(17-7-11)16-6-10-4-8-1-2-9(10)3-8/h5,7-10H,1-4,6H2,(H,16,17). The maximum absolute atomic E-state index is 13.6. The Morgan fingerprint density at radius 1 is 1.41 bits per heavy atom. The van der Waals surface area contributed by atoms with E-state index in [2.05, 4.69) is 26.2 Å². The molecule has 3 rings (SSSR count). The highest BCUT2D eigenvalue weighted by atomic mass is 79.9. The highest BCUT2D eigenvalue weighted by Gasteiger charge is 2.39. The van der Waals surface area contributed by atoms with Crippen molar-refractivity contribution in [3.63, 3.8) is 0 Å². The number of hydrogen-bond donors (Lipinski definition) is 1. The molecule has 2 fully saturated rings. The SMILES string of the molecule is Fc1cc(Br)cnc1NCC1CC2CCC1C2. The van der Waals surface area contributed by atoms with E-state index in [9.17, 15) is 4.39 Å². The van der Waals surface area contributed by atoms with E-state index >= 15 is 0 Å². The summed E-state index contributed by atoms with van der Waals surface area (Å²) in [5.41, 5.74) is 0.